The van der Waals surface area contributed by atoms with E-state index in [2.05, 4.69) is 10.2 Å². The van der Waals surface area contributed by atoms with E-state index in [0.29, 0.717) is 41.2 Å². The summed E-state index contributed by atoms with van der Waals surface area (Å²) in [6.07, 6.45) is 0.177. The number of hydrogen-bond donors (Lipinski definition) is 1. The molecular formula is C25H20N2O5. The van der Waals surface area contributed by atoms with Gasteiger partial charge in [0.2, 0.25) is 0 Å². The first-order valence-corrected chi connectivity index (χ1v) is 10.3. The first kappa shape index (κ1) is 20.0. The van der Waals surface area contributed by atoms with Gasteiger partial charge in [-0.3, -0.25) is 9.59 Å². The minimum absolute atomic E-state index is 0.124. The molecule has 2 heterocycles. The fourth-order valence-electron chi connectivity index (χ4n) is 3.68. The largest absolute Gasteiger partial charge is 0.461 e. The van der Waals surface area contributed by atoms with Crippen LogP contribution >= 0.6 is 0 Å². The van der Waals surface area contributed by atoms with Crippen molar-refractivity contribution in [1.29, 1.82) is 0 Å². The Bertz CT molecular complexity index is 1350. The lowest BCUT2D eigenvalue weighted by molar-refractivity contribution is -0.146. The summed E-state index contributed by atoms with van der Waals surface area (Å²) in [6.45, 7) is 0.877. The fraction of sp³-hybridized carbons (Fsp3) is 0.160. The van der Waals surface area contributed by atoms with Gasteiger partial charge in [-0.05, 0) is 35.4 Å². The van der Waals surface area contributed by atoms with E-state index in [1.165, 1.54) is 0 Å². The number of rotatable bonds is 7. The van der Waals surface area contributed by atoms with Crippen molar-refractivity contribution < 1.29 is 19.0 Å². The number of carbonyl (C=O) groups is 1. The number of aromatic nitrogens is 2. The van der Waals surface area contributed by atoms with Crippen LogP contribution in [0.4, 0.5) is 0 Å². The molecule has 7 heteroatoms. The minimum atomic E-state index is -0.332. The second kappa shape index (κ2) is 8.64. The highest BCUT2D eigenvalue weighted by molar-refractivity contribution is 6.01. The molecule has 0 bridgehead atoms. The van der Waals surface area contributed by atoms with E-state index in [4.69, 9.17) is 14.2 Å². The van der Waals surface area contributed by atoms with Gasteiger partial charge in [0.15, 0.2) is 0 Å². The Morgan fingerprint density at radius 1 is 0.938 bits per heavy atom. The average Bonchev–Trinajstić information content (AvgIpc) is 2.83. The van der Waals surface area contributed by atoms with Crippen molar-refractivity contribution in [2.45, 2.75) is 19.6 Å². The summed E-state index contributed by atoms with van der Waals surface area (Å²) in [4.78, 5) is 24.2. The number of aromatic amines is 1. The van der Waals surface area contributed by atoms with Gasteiger partial charge in [0.25, 0.3) is 5.56 Å². The van der Waals surface area contributed by atoms with Crippen molar-refractivity contribution in [3.63, 3.8) is 0 Å². The van der Waals surface area contributed by atoms with Crippen LogP contribution < -0.4 is 10.3 Å². The second-order valence-electron chi connectivity index (χ2n) is 7.46. The van der Waals surface area contributed by atoms with Gasteiger partial charge in [-0.2, -0.15) is 5.10 Å². The number of nitrogens with zero attached hydrogens (tertiary/aromatic N) is 1. The van der Waals surface area contributed by atoms with Gasteiger partial charge in [-0.1, -0.05) is 42.5 Å². The van der Waals surface area contributed by atoms with Gasteiger partial charge in [0.05, 0.1) is 30.4 Å². The van der Waals surface area contributed by atoms with E-state index >= 15 is 0 Å². The first-order chi connectivity index (χ1) is 15.7. The molecule has 1 aliphatic heterocycles. The predicted octanol–water partition coefficient (Wildman–Crippen LogP) is 4.35. The van der Waals surface area contributed by atoms with Crippen molar-refractivity contribution in [3.05, 3.63) is 88.2 Å². The van der Waals surface area contributed by atoms with Crippen LogP contribution in [0, 0.1) is 0 Å². The summed E-state index contributed by atoms with van der Waals surface area (Å²) in [5.74, 6) is 0.897. The molecular weight excluding hydrogens is 408 g/mol. The van der Waals surface area contributed by atoms with Gasteiger partial charge < -0.3 is 14.2 Å². The topological polar surface area (TPSA) is 90.5 Å². The van der Waals surface area contributed by atoms with Crippen LogP contribution in [0.25, 0.3) is 22.0 Å². The standard InChI is InChI=1S/C25H20N2O5/c28-22(11-12-30-14-16-5-2-1-3-6-16)31-15-17-9-10-20-19(13-17)24-23-18(25(29)27-26-24)7-4-8-21(23)32-20/h1-10,13H,11-12,14-15H2,(H,27,29). The van der Waals surface area contributed by atoms with Crippen molar-refractivity contribution in [1.82, 2.24) is 10.2 Å². The van der Waals surface area contributed by atoms with Crippen LogP contribution in [-0.2, 0) is 27.5 Å². The molecule has 1 aromatic heterocycles. The third kappa shape index (κ3) is 3.98. The molecule has 5 rings (SSSR count). The summed E-state index contributed by atoms with van der Waals surface area (Å²) >= 11 is 0. The average molecular weight is 428 g/mol. The Balaban J connectivity index is 1.23. The van der Waals surface area contributed by atoms with E-state index in [1.54, 1.807) is 12.1 Å². The molecule has 4 aromatic rings. The third-order valence-corrected chi connectivity index (χ3v) is 5.26. The van der Waals surface area contributed by atoms with E-state index < -0.39 is 0 Å². The molecule has 1 aliphatic rings. The van der Waals surface area contributed by atoms with E-state index in [1.807, 2.05) is 54.6 Å². The zero-order valence-electron chi connectivity index (χ0n) is 17.2. The maximum Gasteiger partial charge on any atom is 0.308 e. The Kier molecular flexibility index (Phi) is 5.39. The number of esters is 1. The molecule has 0 spiro atoms. The lowest BCUT2D eigenvalue weighted by Crippen LogP contribution is -2.12. The lowest BCUT2D eigenvalue weighted by Gasteiger charge is -2.20. The van der Waals surface area contributed by atoms with Gasteiger partial charge in [-0.25, -0.2) is 5.10 Å². The predicted molar refractivity (Wildman–Crippen MR) is 118 cm³/mol. The molecule has 0 unspecified atom stereocenters. The number of fused-ring (bicyclic) bond motifs is 2. The SMILES string of the molecule is O=C(CCOCc1ccccc1)OCc1ccc2c(c1)-c1n[nH]c(=O)c3cccc(c13)O2. The van der Waals surface area contributed by atoms with Gasteiger partial charge in [0, 0.05) is 5.56 Å². The fourth-order valence-corrected chi connectivity index (χ4v) is 3.68. The van der Waals surface area contributed by atoms with Crippen LogP contribution in [0.1, 0.15) is 17.5 Å². The lowest BCUT2D eigenvalue weighted by atomic mass is 9.99. The Hall–Kier alpha value is -3.97. The first-order valence-electron chi connectivity index (χ1n) is 10.3. The zero-order chi connectivity index (χ0) is 21.9. The Morgan fingerprint density at radius 3 is 2.69 bits per heavy atom. The van der Waals surface area contributed by atoms with Crippen LogP contribution in [0.5, 0.6) is 11.5 Å². The molecule has 0 saturated heterocycles. The Morgan fingerprint density at radius 2 is 1.81 bits per heavy atom. The van der Waals surface area contributed by atoms with Gasteiger partial charge >= 0.3 is 5.97 Å². The molecule has 0 amide bonds. The van der Waals surface area contributed by atoms with E-state index in [9.17, 15) is 9.59 Å². The number of carbonyl (C=O) groups excluding carboxylic acids is 1. The number of ether oxygens (including phenoxy) is 3. The highest BCUT2D eigenvalue weighted by atomic mass is 16.5. The molecule has 7 nitrogen and oxygen atoms in total. The van der Waals surface area contributed by atoms with Crippen LogP contribution in [0.3, 0.4) is 0 Å². The summed E-state index contributed by atoms with van der Waals surface area (Å²) in [6, 6.07) is 20.6. The molecule has 0 radical (unpaired) electrons. The molecule has 3 aromatic carbocycles. The summed E-state index contributed by atoms with van der Waals surface area (Å²) in [5, 5.41) is 7.99. The minimum Gasteiger partial charge on any atom is -0.461 e. The third-order valence-electron chi connectivity index (χ3n) is 5.26. The van der Waals surface area contributed by atoms with E-state index in [-0.39, 0.29) is 24.6 Å². The van der Waals surface area contributed by atoms with Crippen LogP contribution in [0.2, 0.25) is 0 Å². The molecule has 0 saturated carbocycles. The molecule has 1 N–H and O–H groups in total. The second-order valence-corrected chi connectivity index (χ2v) is 7.46. The van der Waals surface area contributed by atoms with Gasteiger partial charge in [0.1, 0.15) is 23.8 Å². The van der Waals surface area contributed by atoms with Crippen molar-refractivity contribution >= 4 is 16.7 Å². The van der Waals surface area contributed by atoms with Crippen molar-refractivity contribution in [3.8, 4) is 22.8 Å². The van der Waals surface area contributed by atoms with Gasteiger partial charge in [-0.15, -0.1) is 0 Å². The number of nitrogens with one attached hydrogen (secondary N) is 1. The molecule has 0 atom stereocenters. The van der Waals surface area contributed by atoms with Crippen LogP contribution in [0.15, 0.2) is 71.5 Å². The maximum absolute atomic E-state index is 12.1. The summed E-state index contributed by atoms with van der Waals surface area (Å²) in [7, 11) is 0. The normalized spacial score (nSPS) is 11.6. The van der Waals surface area contributed by atoms with Crippen molar-refractivity contribution in [2.24, 2.45) is 0 Å². The highest BCUT2D eigenvalue weighted by Gasteiger charge is 2.23. The quantitative estimate of drug-likeness (QED) is 0.306. The smallest absolute Gasteiger partial charge is 0.308 e. The summed E-state index contributed by atoms with van der Waals surface area (Å²) in [5.41, 5.74) is 2.97. The molecule has 0 fully saturated rings. The Labute approximate surface area is 183 Å². The zero-order valence-corrected chi connectivity index (χ0v) is 17.2. The summed E-state index contributed by atoms with van der Waals surface area (Å²) < 4.78 is 16.9. The van der Waals surface area contributed by atoms with Crippen molar-refractivity contribution in [2.75, 3.05) is 6.61 Å². The van der Waals surface area contributed by atoms with E-state index in [0.717, 1.165) is 16.7 Å². The number of benzene rings is 3. The molecule has 160 valence electrons. The number of H-pyrrole nitrogens is 1. The number of hydrogen-bond acceptors (Lipinski definition) is 6. The molecule has 32 heavy (non-hydrogen) atoms. The maximum atomic E-state index is 12.1. The molecule has 0 aliphatic carbocycles. The van der Waals surface area contributed by atoms with Crippen LogP contribution in [-0.4, -0.2) is 22.8 Å². The monoisotopic (exact) mass is 428 g/mol. The highest BCUT2D eigenvalue weighted by Crippen LogP contribution is 2.44.